The van der Waals surface area contributed by atoms with E-state index in [1.54, 1.807) is 42.5 Å². The van der Waals surface area contributed by atoms with Crippen LogP contribution in [0.15, 0.2) is 76.7 Å². The molecule has 0 radical (unpaired) electrons. The quantitative estimate of drug-likeness (QED) is 0.205. The molecule has 3 aromatic rings. The maximum atomic E-state index is 13.6. The lowest BCUT2D eigenvalue weighted by Gasteiger charge is -2.24. The van der Waals surface area contributed by atoms with Gasteiger partial charge in [0.2, 0.25) is 0 Å². The topological polar surface area (TPSA) is 133 Å². The highest BCUT2D eigenvalue weighted by Gasteiger charge is 2.28. The second-order valence-electron chi connectivity index (χ2n) is 8.09. The van der Waals surface area contributed by atoms with Crippen LogP contribution in [0.4, 0.5) is 5.69 Å². The Bertz CT molecular complexity index is 1440. The first-order chi connectivity index (χ1) is 18.7. The van der Waals surface area contributed by atoms with Gasteiger partial charge in [0, 0.05) is 6.07 Å². The van der Waals surface area contributed by atoms with E-state index in [1.165, 1.54) is 51.8 Å². The van der Waals surface area contributed by atoms with Crippen molar-refractivity contribution in [1.82, 2.24) is 5.43 Å². The monoisotopic (exact) mass is 555 g/mol. The number of hydrazone groups is 1. The zero-order valence-electron chi connectivity index (χ0n) is 21.9. The number of sulfonamides is 1. The van der Waals surface area contributed by atoms with Crippen molar-refractivity contribution >= 4 is 33.8 Å². The molecule has 0 saturated heterocycles. The normalized spacial score (nSPS) is 11.1. The van der Waals surface area contributed by atoms with Crippen LogP contribution in [0.1, 0.15) is 11.1 Å². The fourth-order valence-electron chi connectivity index (χ4n) is 3.36. The molecule has 0 saturated carbocycles. The lowest BCUT2D eigenvalue weighted by Crippen LogP contribution is -2.39. The van der Waals surface area contributed by atoms with Crippen LogP contribution >= 0.6 is 0 Å². The predicted molar refractivity (Wildman–Crippen MR) is 145 cm³/mol. The van der Waals surface area contributed by atoms with Crippen molar-refractivity contribution in [1.29, 1.82) is 0 Å². The number of benzene rings is 3. The molecule has 3 rings (SSSR count). The third kappa shape index (κ3) is 7.71. The van der Waals surface area contributed by atoms with Crippen molar-refractivity contribution in [3.05, 3.63) is 77.9 Å². The zero-order valence-corrected chi connectivity index (χ0v) is 22.7. The Hall–Kier alpha value is -4.58. The minimum Gasteiger partial charge on any atom is -0.493 e. The highest BCUT2D eigenvalue weighted by Crippen LogP contribution is 2.33. The van der Waals surface area contributed by atoms with Crippen molar-refractivity contribution in [2.24, 2.45) is 5.10 Å². The minimum absolute atomic E-state index is 0.0166. The van der Waals surface area contributed by atoms with Gasteiger partial charge in [-0.2, -0.15) is 5.10 Å². The van der Waals surface area contributed by atoms with E-state index in [1.807, 2.05) is 6.92 Å². The first-order valence-corrected chi connectivity index (χ1v) is 13.0. The maximum absolute atomic E-state index is 13.6. The highest BCUT2D eigenvalue weighted by molar-refractivity contribution is 7.92. The molecule has 1 amide bonds. The number of rotatable bonds is 12. The molecular formula is C27H29N3O8S. The summed E-state index contributed by atoms with van der Waals surface area (Å²) in [6, 6.07) is 17.5. The Morgan fingerprint density at radius 2 is 1.67 bits per heavy atom. The van der Waals surface area contributed by atoms with E-state index >= 15 is 0 Å². The first kappa shape index (κ1) is 29.0. The van der Waals surface area contributed by atoms with Gasteiger partial charge in [0.05, 0.1) is 38.1 Å². The maximum Gasteiger partial charge on any atom is 0.343 e. The van der Waals surface area contributed by atoms with Gasteiger partial charge in [-0.25, -0.2) is 18.6 Å². The van der Waals surface area contributed by atoms with Gasteiger partial charge in [-0.1, -0.05) is 29.8 Å². The Labute approximate surface area is 227 Å². The Morgan fingerprint density at radius 3 is 2.33 bits per heavy atom. The number of carbonyl (C=O) groups is 2. The van der Waals surface area contributed by atoms with Crippen LogP contribution in [-0.4, -0.2) is 61.0 Å². The summed E-state index contributed by atoms with van der Waals surface area (Å²) in [5, 5.41) is 3.93. The molecule has 0 heterocycles. The van der Waals surface area contributed by atoms with Crippen molar-refractivity contribution in [2.75, 3.05) is 38.8 Å². The van der Waals surface area contributed by atoms with E-state index in [2.05, 4.69) is 15.3 Å². The summed E-state index contributed by atoms with van der Waals surface area (Å²) in [4.78, 5) is 24.1. The molecule has 0 atom stereocenters. The van der Waals surface area contributed by atoms with Crippen molar-refractivity contribution in [3.8, 4) is 17.2 Å². The fraction of sp³-hybridized carbons (Fsp3) is 0.222. The van der Waals surface area contributed by atoms with E-state index in [0.717, 1.165) is 9.87 Å². The third-order valence-corrected chi connectivity index (χ3v) is 7.18. The molecule has 1 N–H and O–H groups in total. The van der Waals surface area contributed by atoms with Crippen molar-refractivity contribution in [3.63, 3.8) is 0 Å². The Balaban J connectivity index is 1.81. The number of nitrogens with zero attached hydrogens (tertiary/aromatic N) is 2. The van der Waals surface area contributed by atoms with Gasteiger partial charge in [-0.05, 0) is 48.9 Å². The number of amides is 1. The number of aryl methyl sites for hydroxylation is 1. The summed E-state index contributed by atoms with van der Waals surface area (Å²) < 4.78 is 48.6. The molecule has 12 heteroatoms. The number of hydrogen-bond acceptors (Lipinski definition) is 9. The number of carbonyl (C=O) groups excluding carboxylic acids is 2. The number of ether oxygens (including phenoxy) is 4. The average molecular weight is 556 g/mol. The molecule has 0 unspecified atom stereocenters. The van der Waals surface area contributed by atoms with E-state index < -0.39 is 28.4 Å². The third-order valence-electron chi connectivity index (χ3n) is 5.40. The smallest absolute Gasteiger partial charge is 0.343 e. The van der Waals surface area contributed by atoms with Gasteiger partial charge < -0.3 is 18.9 Å². The van der Waals surface area contributed by atoms with Gasteiger partial charge >= 0.3 is 5.97 Å². The van der Waals surface area contributed by atoms with Gasteiger partial charge in [-0.15, -0.1) is 0 Å². The summed E-state index contributed by atoms with van der Waals surface area (Å²) in [6.45, 7) is 1.02. The summed E-state index contributed by atoms with van der Waals surface area (Å²) in [7, 11) is 0.0117. The van der Waals surface area contributed by atoms with Crippen molar-refractivity contribution < 1.29 is 37.0 Å². The van der Waals surface area contributed by atoms with Crippen LogP contribution in [0.25, 0.3) is 0 Å². The molecule has 0 aliphatic carbocycles. The van der Waals surface area contributed by atoms with Crippen LogP contribution in [0.2, 0.25) is 0 Å². The van der Waals surface area contributed by atoms with Gasteiger partial charge in [-0.3, -0.25) is 9.10 Å². The van der Waals surface area contributed by atoms with Gasteiger partial charge in [0.15, 0.2) is 18.1 Å². The van der Waals surface area contributed by atoms with Gasteiger partial charge in [0.25, 0.3) is 15.9 Å². The molecule has 0 bridgehead atoms. The average Bonchev–Trinajstić information content (AvgIpc) is 2.94. The molecule has 0 aromatic heterocycles. The second-order valence-corrected chi connectivity index (χ2v) is 9.96. The predicted octanol–water partition coefficient (Wildman–Crippen LogP) is 2.91. The van der Waals surface area contributed by atoms with E-state index in [9.17, 15) is 18.0 Å². The van der Waals surface area contributed by atoms with Crippen LogP contribution in [0.3, 0.4) is 0 Å². The van der Waals surface area contributed by atoms with Gasteiger partial charge in [0.1, 0.15) is 12.3 Å². The summed E-state index contributed by atoms with van der Waals surface area (Å²) in [6.07, 6.45) is 1.36. The largest absolute Gasteiger partial charge is 0.493 e. The molecule has 3 aromatic carbocycles. The van der Waals surface area contributed by atoms with E-state index in [-0.39, 0.29) is 17.2 Å². The first-order valence-electron chi connectivity index (χ1n) is 11.6. The SMILES string of the molecule is COC(=O)COc1cccc(/C=N\NC(=O)CN(c2ccc(OC)c(OC)c2)S(=O)(=O)c2ccc(C)cc2)c1. The number of hydrogen-bond donors (Lipinski definition) is 1. The standard InChI is InChI=1S/C27H29N3O8S/c1-19-8-11-23(12-9-19)39(33,34)30(21-10-13-24(35-2)25(15-21)36-3)17-26(31)29-28-16-20-6-5-7-22(14-20)38-18-27(32)37-4/h5-16H,17-18H2,1-4H3,(H,29,31)/b28-16-. The number of anilines is 1. The summed E-state index contributed by atoms with van der Waals surface area (Å²) in [5.41, 5.74) is 4.00. The Morgan fingerprint density at radius 1 is 0.949 bits per heavy atom. The number of nitrogens with one attached hydrogen (secondary N) is 1. The van der Waals surface area contributed by atoms with Crippen molar-refractivity contribution in [2.45, 2.75) is 11.8 Å². The fourth-order valence-corrected chi connectivity index (χ4v) is 4.78. The van der Waals surface area contributed by atoms with E-state index in [4.69, 9.17) is 14.2 Å². The second kappa shape index (κ2) is 13.3. The van der Waals surface area contributed by atoms with Crippen LogP contribution < -0.4 is 23.9 Å². The van der Waals surface area contributed by atoms with Crippen LogP contribution in [-0.2, 0) is 24.3 Å². The number of esters is 1. The highest BCUT2D eigenvalue weighted by atomic mass is 32.2. The molecule has 0 spiro atoms. The number of methoxy groups -OCH3 is 3. The zero-order chi connectivity index (χ0) is 28.4. The minimum atomic E-state index is -4.14. The summed E-state index contributed by atoms with van der Waals surface area (Å²) >= 11 is 0. The molecule has 39 heavy (non-hydrogen) atoms. The van der Waals surface area contributed by atoms with Crippen LogP contribution in [0.5, 0.6) is 17.2 Å². The molecule has 0 fully saturated rings. The molecule has 206 valence electrons. The molecular weight excluding hydrogens is 526 g/mol. The molecule has 0 aliphatic rings. The lowest BCUT2D eigenvalue weighted by atomic mass is 10.2. The summed E-state index contributed by atoms with van der Waals surface area (Å²) in [5.74, 6) is -0.108. The van der Waals surface area contributed by atoms with Crippen LogP contribution in [0, 0.1) is 6.92 Å². The molecule has 0 aliphatic heterocycles. The lowest BCUT2D eigenvalue weighted by molar-refractivity contribution is -0.142. The van der Waals surface area contributed by atoms with E-state index in [0.29, 0.717) is 22.8 Å². The molecule has 11 nitrogen and oxygen atoms in total. The Kier molecular flexibility index (Phi) is 9.87.